The van der Waals surface area contributed by atoms with Gasteiger partial charge in [-0.2, -0.15) is 10.4 Å². The Bertz CT molecular complexity index is 925. The second-order valence-corrected chi connectivity index (χ2v) is 6.36. The molecule has 1 N–H and O–H groups in total. The number of benzene rings is 2. The molecule has 0 aliphatic carbocycles. The van der Waals surface area contributed by atoms with Gasteiger partial charge in [0.05, 0.1) is 24.4 Å². The van der Waals surface area contributed by atoms with Gasteiger partial charge in [0.2, 0.25) is 0 Å². The summed E-state index contributed by atoms with van der Waals surface area (Å²) in [6.45, 7) is 1.60. The molecule has 0 radical (unpaired) electrons. The Hall–Kier alpha value is -3.59. The van der Waals surface area contributed by atoms with Gasteiger partial charge in [-0.3, -0.25) is 4.68 Å². The molecule has 1 heterocycles. The molecular weight excluding hydrogens is 338 g/mol. The van der Waals surface area contributed by atoms with Gasteiger partial charge >= 0.3 is 6.03 Å². The first kappa shape index (κ1) is 18.2. The topological polar surface area (TPSA) is 74.0 Å². The van der Waals surface area contributed by atoms with E-state index < -0.39 is 0 Å². The van der Waals surface area contributed by atoms with E-state index in [1.54, 1.807) is 30.3 Å². The van der Waals surface area contributed by atoms with Gasteiger partial charge in [-0.05, 0) is 23.3 Å². The van der Waals surface area contributed by atoms with Crippen LogP contribution in [0.15, 0.2) is 67.0 Å². The summed E-state index contributed by atoms with van der Waals surface area (Å²) < 4.78 is 1.86. The van der Waals surface area contributed by atoms with Crippen molar-refractivity contribution in [3.63, 3.8) is 0 Å². The number of rotatable bonds is 6. The number of amides is 2. The highest BCUT2D eigenvalue weighted by Gasteiger charge is 2.09. The fourth-order valence-electron chi connectivity index (χ4n) is 2.70. The lowest BCUT2D eigenvalue weighted by Crippen LogP contribution is -2.36. The monoisotopic (exact) mass is 359 g/mol. The van der Waals surface area contributed by atoms with E-state index in [1.807, 2.05) is 41.2 Å². The summed E-state index contributed by atoms with van der Waals surface area (Å²) in [5.74, 6) is 0. The lowest BCUT2D eigenvalue weighted by molar-refractivity contribution is 0.206. The minimum Gasteiger partial charge on any atom is -0.334 e. The summed E-state index contributed by atoms with van der Waals surface area (Å²) in [5.41, 5.74) is 3.71. The predicted octanol–water partition coefficient (Wildman–Crippen LogP) is 3.14. The molecule has 3 aromatic rings. The van der Waals surface area contributed by atoms with Crippen LogP contribution in [0.3, 0.4) is 0 Å². The maximum Gasteiger partial charge on any atom is 0.317 e. The Kier molecular flexibility index (Phi) is 5.85. The van der Waals surface area contributed by atoms with Gasteiger partial charge < -0.3 is 10.2 Å². The van der Waals surface area contributed by atoms with E-state index in [1.165, 1.54) is 5.56 Å². The highest BCUT2D eigenvalue weighted by molar-refractivity contribution is 5.73. The van der Waals surface area contributed by atoms with Gasteiger partial charge in [0.1, 0.15) is 0 Å². The van der Waals surface area contributed by atoms with Crippen LogP contribution in [0.4, 0.5) is 4.79 Å². The van der Waals surface area contributed by atoms with Gasteiger partial charge in [-0.25, -0.2) is 4.79 Å². The lowest BCUT2D eigenvalue weighted by Gasteiger charge is -2.17. The number of urea groups is 1. The van der Waals surface area contributed by atoms with Crippen molar-refractivity contribution in [2.75, 3.05) is 7.05 Å². The van der Waals surface area contributed by atoms with Crippen LogP contribution < -0.4 is 5.32 Å². The maximum atomic E-state index is 12.3. The van der Waals surface area contributed by atoms with E-state index in [9.17, 15) is 4.79 Å². The summed E-state index contributed by atoms with van der Waals surface area (Å²) in [5, 5.41) is 16.1. The number of hydrogen-bond donors (Lipinski definition) is 1. The molecule has 0 bridgehead atoms. The third-order valence-corrected chi connectivity index (χ3v) is 4.17. The molecule has 0 atom stereocenters. The third kappa shape index (κ3) is 5.19. The Morgan fingerprint density at radius 3 is 2.56 bits per heavy atom. The highest BCUT2D eigenvalue weighted by Crippen LogP contribution is 2.07. The number of carbonyl (C=O) groups excluding carboxylic acids is 1. The smallest absolute Gasteiger partial charge is 0.317 e. The molecule has 0 aliphatic rings. The van der Waals surface area contributed by atoms with Gasteiger partial charge in [-0.1, -0.05) is 42.5 Å². The maximum absolute atomic E-state index is 12.3. The van der Waals surface area contributed by atoms with Gasteiger partial charge in [0.15, 0.2) is 0 Å². The van der Waals surface area contributed by atoms with E-state index in [0.29, 0.717) is 25.2 Å². The van der Waals surface area contributed by atoms with Crippen molar-refractivity contribution in [2.24, 2.45) is 0 Å². The minimum atomic E-state index is -0.157. The Morgan fingerprint density at radius 1 is 1.11 bits per heavy atom. The molecule has 0 spiro atoms. The summed E-state index contributed by atoms with van der Waals surface area (Å²) in [4.78, 5) is 13.9. The second kappa shape index (κ2) is 8.68. The average molecular weight is 359 g/mol. The molecule has 0 saturated heterocycles. The molecule has 2 amide bonds. The molecular formula is C21H21N5O. The number of hydrogen-bond acceptors (Lipinski definition) is 3. The van der Waals surface area contributed by atoms with Crippen LogP contribution in [0.25, 0.3) is 0 Å². The second-order valence-electron chi connectivity index (χ2n) is 6.36. The third-order valence-electron chi connectivity index (χ3n) is 4.17. The Balaban J connectivity index is 1.49. The molecule has 1 aromatic heterocycles. The van der Waals surface area contributed by atoms with E-state index in [0.717, 1.165) is 11.1 Å². The quantitative estimate of drug-likeness (QED) is 0.735. The van der Waals surface area contributed by atoms with Crippen molar-refractivity contribution in [1.29, 1.82) is 5.26 Å². The normalized spacial score (nSPS) is 10.2. The van der Waals surface area contributed by atoms with Crippen molar-refractivity contribution < 1.29 is 4.79 Å². The van der Waals surface area contributed by atoms with Crippen molar-refractivity contribution in [2.45, 2.75) is 19.6 Å². The SMILES string of the molecule is CN(Cc1ccc(C#N)cc1)C(=O)NCc1cnn(Cc2ccccc2)c1. The van der Waals surface area contributed by atoms with Crippen molar-refractivity contribution in [3.8, 4) is 6.07 Å². The van der Waals surface area contributed by atoms with Crippen LogP contribution >= 0.6 is 0 Å². The van der Waals surface area contributed by atoms with E-state index >= 15 is 0 Å². The van der Waals surface area contributed by atoms with E-state index in [2.05, 4.69) is 28.6 Å². The molecule has 6 heteroatoms. The summed E-state index contributed by atoms with van der Waals surface area (Å²) in [7, 11) is 1.74. The highest BCUT2D eigenvalue weighted by atomic mass is 16.2. The van der Waals surface area contributed by atoms with Crippen LogP contribution in [-0.4, -0.2) is 27.8 Å². The molecule has 0 aliphatic heterocycles. The number of nitriles is 1. The molecule has 3 rings (SSSR count). The Morgan fingerprint density at radius 2 is 1.85 bits per heavy atom. The first-order chi connectivity index (χ1) is 13.1. The van der Waals surface area contributed by atoms with Gasteiger partial charge in [0, 0.05) is 31.9 Å². The Labute approximate surface area is 158 Å². The zero-order valence-corrected chi connectivity index (χ0v) is 15.2. The van der Waals surface area contributed by atoms with Crippen LogP contribution in [0.5, 0.6) is 0 Å². The molecule has 136 valence electrons. The molecule has 0 fully saturated rings. The zero-order valence-electron chi connectivity index (χ0n) is 15.2. The fourth-order valence-corrected chi connectivity index (χ4v) is 2.70. The molecule has 6 nitrogen and oxygen atoms in total. The van der Waals surface area contributed by atoms with E-state index in [-0.39, 0.29) is 6.03 Å². The van der Waals surface area contributed by atoms with Gasteiger partial charge in [0.25, 0.3) is 0 Å². The van der Waals surface area contributed by atoms with E-state index in [4.69, 9.17) is 5.26 Å². The predicted molar refractivity (Wildman–Crippen MR) is 103 cm³/mol. The first-order valence-corrected chi connectivity index (χ1v) is 8.67. The summed E-state index contributed by atoms with van der Waals surface area (Å²) >= 11 is 0. The molecule has 0 saturated carbocycles. The van der Waals surface area contributed by atoms with Crippen molar-refractivity contribution in [1.82, 2.24) is 20.0 Å². The summed E-state index contributed by atoms with van der Waals surface area (Å²) in [6.07, 6.45) is 3.71. The van der Waals surface area contributed by atoms with Crippen LogP contribution in [0.2, 0.25) is 0 Å². The number of nitrogens with one attached hydrogen (secondary N) is 1. The summed E-state index contributed by atoms with van der Waals surface area (Å²) in [6, 6.07) is 19.3. The number of aromatic nitrogens is 2. The number of carbonyl (C=O) groups is 1. The molecule has 0 unspecified atom stereocenters. The molecule has 2 aromatic carbocycles. The lowest BCUT2D eigenvalue weighted by atomic mass is 10.1. The fraction of sp³-hybridized carbons (Fsp3) is 0.190. The standard InChI is InChI=1S/C21H21N5O/c1-25(14-19-9-7-17(11-22)8-10-19)21(27)23-12-20-13-24-26(16-20)15-18-5-3-2-4-6-18/h2-10,13,16H,12,14-15H2,1H3,(H,23,27). The molecule has 27 heavy (non-hydrogen) atoms. The van der Waals surface area contributed by atoms with Crippen LogP contribution in [0, 0.1) is 11.3 Å². The largest absolute Gasteiger partial charge is 0.334 e. The van der Waals surface area contributed by atoms with Crippen molar-refractivity contribution >= 4 is 6.03 Å². The van der Waals surface area contributed by atoms with Crippen LogP contribution in [0.1, 0.15) is 22.3 Å². The average Bonchev–Trinajstić information content (AvgIpc) is 3.14. The zero-order chi connectivity index (χ0) is 19.1. The van der Waals surface area contributed by atoms with Crippen molar-refractivity contribution in [3.05, 3.63) is 89.2 Å². The first-order valence-electron chi connectivity index (χ1n) is 8.67. The van der Waals surface area contributed by atoms with Gasteiger partial charge in [-0.15, -0.1) is 0 Å². The number of nitrogens with zero attached hydrogens (tertiary/aromatic N) is 4. The van der Waals surface area contributed by atoms with Crippen LogP contribution in [-0.2, 0) is 19.6 Å². The minimum absolute atomic E-state index is 0.157.